The van der Waals surface area contributed by atoms with Crippen molar-refractivity contribution in [2.45, 2.75) is 43.9 Å². The topological polar surface area (TPSA) is 3.24 Å². The molecule has 0 heterocycles. The van der Waals surface area contributed by atoms with Crippen LogP contribution < -0.4 is 4.90 Å². The molecule has 1 heteroatoms. The Bertz CT molecular complexity index is 3440. The fourth-order valence-corrected chi connectivity index (χ4v) is 12.9. The van der Waals surface area contributed by atoms with E-state index in [0.717, 1.165) is 17.1 Å². The van der Waals surface area contributed by atoms with Crippen molar-refractivity contribution in [1.82, 2.24) is 0 Å². The van der Waals surface area contributed by atoms with Gasteiger partial charge in [0.1, 0.15) is 0 Å². The van der Waals surface area contributed by atoms with Crippen LogP contribution in [-0.4, -0.2) is 0 Å². The van der Waals surface area contributed by atoms with Crippen LogP contribution in [0.3, 0.4) is 0 Å². The van der Waals surface area contributed by atoms with Crippen molar-refractivity contribution in [1.29, 1.82) is 0 Å². The summed E-state index contributed by atoms with van der Waals surface area (Å²) in [6.45, 7) is 9.55. The van der Waals surface area contributed by atoms with Crippen LogP contribution in [0.25, 0.3) is 55.6 Å². The molecule has 324 valence electrons. The second kappa shape index (κ2) is 15.0. The first-order valence-electron chi connectivity index (χ1n) is 24.1. The monoisotopic (exact) mass is 869 g/mol. The maximum atomic E-state index is 2.54. The zero-order valence-corrected chi connectivity index (χ0v) is 39.0. The van der Waals surface area contributed by atoms with Crippen LogP contribution in [0.1, 0.15) is 72.2 Å². The third-order valence-electron chi connectivity index (χ3n) is 15.7. The van der Waals surface area contributed by atoms with Crippen LogP contribution in [0.5, 0.6) is 0 Å². The largest absolute Gasteiger partial charge is 0.310 e. The van der Waals surface area contributed by atoms with E-state index in [-0.39, 0.29) is 10.8 Å². The van der Waals surface area contributed by atoms with Gasteiger partial charge >= 0.3 is 0 Å². The molecule has 1 nitrogen and oxygen atoms in total. The molecule has 0 unspecified atom stereocenters. The zero-order valence-electron chi connectivity index (χ0n) is 39.0. The van der Waals surface area contributed by atoms with Gasteiger partial charge in [0.15, 0.2) is 0 Å². The van der Waals surface area contributed by atoms with E-state index < -0.39 is 5.41 Å². The van der Waals surface area contributed by atoms with Gasteiger partial charge in [0.2, 0.25) is 0 Å². The van der Waals surface area contributed by atoms with Crippen LogP contribution in [0.4, 0.5) is 17.1 Å². The summed E-state index contributed by atoms with van der Waals surface area (Å²) < 4.78 is 0. The van der Waals surface area contributed by atoms with E-state index in [0.29, 0.717) is 0 Å². The van der Waals surface area contributed by atoms with Crippen LogP contribution in [0.15, 0.2) is 237 Å². The lowest BCUT2D eigenvalue weighted by molar-refractivity contribution is 0.662. The first-order chi connectivity index (χ1) is 33.3. The van der Waals surface area contributed by atoms with Gasteiger partial charge in [0, 0.05) is 27.8 Å². The van der Waals surface area contributed by atoms with Gasteiger partial charge in [-0.3, -0.25) is 0 Å². The normalized spacial score (nSPS) is 14.8. The van der Waals surface area contributed by atoms with Crippen molar-refractivity contribution in [3.8, 4) is 55.6 Å². The van der Waals surface area contributed by atoms with Crippen molar-refractivity contribution in [2.75, 3.05) is 4.90 Å². The highest BCUT2D eigenvalue weighted by Gasteiger charge is 2.47. The molecular formula is C67H51N. The molecule has 68 heavy (non-hydrogen) atoms. The van der Waals surface area contributed by atoms with Gasteiger partial charge in [-0.2, -0.15) is 0 Å². The lowest BCUT2D eigenvalue weighted by atomic mass is 9.68. The van der Waals surface area contributed by atoms with Crippen molar-refractivity contribution in [3.05, 3.63) is 281 Å². The molecule has 0 N–H and O–H groups in total. The van der Waals surface area contributed by atoms with E-state index in [1.807, 2.05) is 0 Å². The Labute approximate surface area is 400 Å². The SMILES string of the molecule is CC1(C)c2ccccc2-c2cccc(-c3cccc(N(c4cccc(-c5cccc6c5C(C)(C)c5ccccc5-6)c4)c4cccc5c4-c4ccccc4C5(c4ccccc4)c4ccccc4)c3)c21. The molecule has 0 saturated heterocycles. The summed E-state index contributed by atoms with van der Waals surface area (Å²) in [5.41, 5.74) is 26.0. The maximum absolute atomic E-state index is 2.54. The molecule has 0 aromatic heterocycles. The predicted molar refractivity (Wildman–Crippen MR) is 284 cm³/mol. The van der Waals surface area contributed by atoms with Gasteiger partial charge in [0.25, 0.3) is 0 Å². The molecule has 13 rings (SSSR count). The molecular weight excluding hydrogens is 819 g/mol. The average Bonchev–Trinajstić information content (AvgIpc) is 3.93. The van der Waals surface area contributed by atoms with E-state index in [1.54, 1.807) is 0 Å². The van der Waals surface area contributed by atoms with Crippen molar-refractivity contribution < 1.29 is 0 Å². The summed E-state index contributed by atoms with van der Waals surface area (Å²) in [4.78, 5) is 2.54. The van der Waals surface area contributed by atoms with Crippen molar-refractivity contribution in [2.24, 2.45) is 0 Å². The van der Waals surface area contributed by atoms with Gasteiger partial charge in [-0.05, 0) is 125 Å². The van der Waals surface area contributed by atoms with E-state index in [9.17, 15) is 0 Å². The Morgan fingerprint density at radius 2 is 0.676 bits per heavy atom. The molecule has 10 aromatic carbocycles. The highest BCUT2D eigenvalue weighted by molar-refractivity contribution is 5.99. The first-order valence-corrected chi connectivity index (χ1v) is 24.1. The first kappa shape index (κ1) is 40.3. The summed E-state index contributed by atoms with van der Waals surface area (Å²) in [5, 5.41) is 0. The van der Waals surface area contributed by atoms with Gasteiger partial charge in [-0.15, -0.1) is 0 Å². The molecule has 0 atom stereocenters. The summed E-state index contributed by atoms with van der Waals surface area (Å²) in [6, 6.07) is 88.7. The molecule has 0 bridgehead atoms. The molecule has 0 fully saturated rings. The second-order valence-electron chi connectivity index (χ2n) is 20.0. The number of anilines is 3. The Kier molecular flexibility index (Phi) is 8.89. The fraction of sp³-hybridized carbons (Fsp3) is 0.104. The number of benzene rings is 10. The van der Waals surface area contributed by atoms with E-state index in [4.69, 9.17) is 0 Å². The van der Waals surface area contributed by atoms with E-state index in [2.05, 4.69) is 269 Å². The number of nitrogens with zero attached hydrogens (tertiary/aromatic N) is 1. The molecule has 3 aliphatic carbocycles. The predicted octanol–water partition coefficient (Wildman–Crippen LogP) is 17.5. The van der Waals surface area contributed by atoms with Gasteiger partial charge < -0.3 is 4.90 Å². The van der Waals surface area contributed by atoms with Gasteiger partial charge in [-0.1, -0.05) is 234 Å². The zero-order chi connectivity index (χ0) is 45.8. The summed E-state index contributed by atoms with van der Waals surface area (Å²) in [7, 11) is 0. The number of fused-ring (bicyclic) bond motifs is 9. The Morgan fingerprint density at radius 3 is 1.19 bits per heavy atom. The summed E-state index contributed by atoms with van der Waals surface area (Å²) in [5.74, 6) is 0. The third kappa shape index (κ3) is 5.63. The Balaban J connectivity index is 1.07. The lowest BCUT2D eigenvalue weighted by Gasteiger charge is -2.34. The quantitative estimate of drug-likeness (QED) is 0.154. The average molecular weight is 870 g/mol. The van der Waals surface area contributed by atoms with Crippen LogP contribution >= 0.6 is 0 Å². The Hall–Kier alpha value is -8.00. The second-order valence-corrected chi connectivity index (χ2v) is 20.0. The standard InChI is InChI=1S/C67H51N/c1-65(2)57-37-14-11-30-52(57)54-35-19-33-50(63(54)65)44-22-17-28-48(42-44)68(49-29-18-23-45(43-49)51-34-20-36-55-53-31-12-15-38-58(53)66(3,4)64(51)55)61-41-21-40-60-62(61)56-32-13-16-39-59(56)67(60,46-24-7-5-8-25-46)47-26-9-6-10-27-47/h5-43H,1-4H3. The van der Waals surface area contributed by atoms with E-state index >= 15 is 0 Å². The highest BCUT2D eigenvalue weighted by Crippen LogP contribution is 2.60. The maximum Gasteiger partial charge on any atom is 0.0714 e. The van der Waals surface area contributed by atoms with Crippen LogP contribution in [0.2, 0.25) is 0 Å². The minimum absolute atomic E-state index is 0.155. The number of hydrogen-bond acceptors (Lipinski definition) is 1. The summed E-state index contributed by atoms with van der Waals surface area (Å²) in [6.07, 6.45) is 0. The molecule has 0 amide bonds. The number of rotatable bonds is 7. The molecule has 0 spiro atoms. The van der Waals surface area contributed by atoms with Crippen LogP contribution in [0, 0.1) is 0 Å². The van der Waals surface area contributed by atoms with Gasteiger partial charge in [-0.25, -0.2) is 0 Å². The molecule has 0 radical (unpaired) electrons. The molecule has 3 aliphatic rings. The van der Waals surface area contributed by atoms with Gasteiger partial charge in [0.05, 0.1) is 11.1 Å². The number of hydrogen-bond donors (Lipinski definition) is 0. The lowest BCUT2D eigenvalue weighted by Crippen LogP contribution is -2.28. The third-order valence-corrected chi connectivity index (χ3v) is 15.7. The Morgan fingerprint density at radius 1 is 0.294 bits per heavy atom. The highest BCUT2D eigenvalue weighted by atomic mass is 15.1. The van der Waals surface area contributed by atoms with Crippen LogP contribution in [-0.2, 0) is 16.2 Å². The minimum Gasteiger partial charge on any atom is -0.310 e. The minimum atomic E-state index is -0.532. The molecule has 0 saturated carbocycles. The molecule has 10 aromatic rings. The smallest absolute Gasteiger partial charge is 0.0714 e. The van der Waals surface area contributed by atoms with Crippen molar-refractivity contribution >= 4 is 17.1 Å². The van der Waals surface area contributed by atoms with Crippen molar-refractivity contribution in [3.63, 3.8) is 0 Å². The summed E-state index contributed by atoms with van der Waals surface area (Å²) >= 11 is 0. The molecule has 0 aliphatic heterocycles. The van der Waals surface area contributed by atoms with E-state index in [1.165, 1.54) is 100 Å². The fourth-order valence-electron chi connectivity index (χ4n) is 12.9.